The van der Waals surface area contributed by atoms with Crippen LogP contribution < -0.4 is 10.6 Å². The predicted octanol–water partition coefficient (Wildman–Crippen LogP) is 2.48. The van der Waals surface area contributed by atoms with Crippen LogP contribution in [0.3, 0.4) is 0 Å². The van der Waals surface area contributed by atoms with Crippen LogP contribution >= 0.6 is 0 Å². The van der Waals surface area contributed by atoms with Gasteiger partial charge in [-0.15, -0.1) is 0 Å². The second-order valence-electron chi connectivity index (χ2n) is 9.80. The van der Waals surface area contributed by atoms with Gasteiger partial charge in [0, 0.05) is 54.7 Å². The van der Waals surface area contributed by atoms with Gasteiger partial charge in [-0.1, -0.05) is 35.9 Å². The van der Waals surface area contributed by atoms with Crippen molar-refractivity contribution in [1.29, 1.82) is 0 Å². The van der Waals surface area contributed by atoms with Gasteiger partial charge in [-0.3, -0.25) is 24.6 Å². The summed E-state index contributed by atoms with van der Waals surface area (Å²) < 4.78 is 5.14. The molecule has 0 aliphatic carbocycles. The molecule has 0 saturated carbocycles. The van der Waals surface area contributed by atoms with Gasteiger partial charge in [0.05, 0.1) is 11.8 Å². The van der Waals surface area contributed by atoms with E-state index < -0.39 is 17.4 Å². The van der Waals surface area contributed by atoms with Crippen LogP contribution in [-0.4, -0.2) is 53.9 Å². The molecule has 3 aliphatic heterocycles. The average Bonchev–Trinajstić information content (AvgIpc) is 3.55. The zero-order chi connectivity index (χ0) is 24.3. The van der Waals surface area contributed by atoms with E-state index in [1.165, 1.54) is 4.90 Å². The fourth-order valence-corrected chi connectivity index (χ4v) is 6.28. The highest BCUT2D eigenvalue weighted by molar-refractivity contribution is 6.15. The predicted molar refractivity (Wildman–Crippen MR) is 131 cm³/mol. The van der Waals surface area contributed by atoms with Crippen LogP contribution in [0.5, 0.6) is 0 Å². The summed E-state index contributed by atoms with van der Waals surface area (Å²) in [7, 11) is 1.60. The first-order chi connectivity index (χ1) is 17.0. The molecule has 4 heterocycles. The number of aromatic nitrogens is 1. The van der Waals surface area contributed by atoms with Crippen molar-refractivity contribution in [1.82, 2.24) is 15.2 Å². The molecule has 3 amide bonds. The van der Waals surface area contributed by atoms with E-state index in [4.69, 9.17) is 4.74 Å². The molecule has 3 N–H and O–H groups in total. The highest BCUT2D eigenvalue weighted by atomic mass is 16.5. The van der Waals surface area contributed by atoms with Crippen LogP contribution in [0, 0.1) is 18.8 Å². The number of amides is 3. The van der Waals surface area contributed by atoms with Gasteiger partial charge in [-0.2, -0.15) is 0 Å². The third kappa shape index (κ3) is 3.10. The molecule has 180 valence electrons. The van der Waals surface area contributed by atoms with Crippen LogP contribution in [0.4, 0.5) is 5.69 Å². The van der Waals surface area contributed by atoms with Gasteiger partial charge in [0.2, 0.25) is 17.7 Å². The summed E-state index contributed by atoms with van der Waals surface area (Å²) in [6, 6.07) is 13.4. The van der Waals surface area contributed by atoms with Crippen molar-refractivity contribution in [3.05, 3.63) is 65.4 Å². The number of likely N-dealkylation sites (tertiary alicyclic amines) is 1. The zero-order valence-electron chi connectivity index (χ0n) is 19.8. The Morgan fingerprint density at radius 3 is 2.74 bits per heavy atom. The van der Waals surface area contributed by atoms with Gasteiger partial charge in [-0.25, -0.2) is 0 Å². The lowest BCUT2D eigenvalue weighted by molar-refractivity contribution is -0.143. The summed E-state index contributed by atoms with van der Waals surface area (Å²) in [4.78, 5) is 45.7. The lowest BCUT2D eigenvalue weighted by Gasteiger charge is -2.29. The minimum absolute atomic E-state index is 0.209. The largest absolute Gasteiger partial charge is 0.385 e. The number of aromatic amines is 1. The minimum atomic E-state index is -1.27. The molecule has 2 aromatic carbocycles. The Bertz CT molecular complexity index is 1360. The van der Waals surface area contributed by atoms with Crippen molar-refractivity contribution in [2.24, 2.45) is 11.8 Å². The molecular formula is C27H28N4O4. The third-order valence-electron chi connectivity index (χ3n) is 7.81. The molecule has 3 aromatic rings. The molecule has 8 heteroatoms. The van der Waals surface area contributed by atoms with Crippen molar-refractivity contribution in [2.45, 2.75) is 31.3 Å². The number of fused-ring (bicyclic) bond motifs is 5. The van der Waals surface area contributed by atoms with Crippen molar-refractivity contribution < 1.29 is 19.1 Å². The molecule has 0 bridgehead atoms. The Morgan fingerprint density at radius 1 is 1.09 bits per heavy atom. The number of benzene rings is 2. The van der Waals surface area contributed by atoms with E-state index in [1.54, 1.807) is 7.11 Å². The fraction of sp³-hybridized carbons (Fsp3) is 0.370. The molecule has 0 unspecified atom stereocenters. The summed E-state index contributed by atoms with van der Waals surface area (Å²) >= 11 is 0. The lowest BCUT2D eigenvalue weighted by Crippen LogP contribution is -2.53. The number of ether oxygens (including phenoxy) is 1. The second kappa shape index (κ2) is 8.03. The highest BCUT2D eigenvalue weighted by Gasteiger charge is 2.70. The van der Waals surface area contributed by atoms with Gasteiger partial charge < -0.3 is 15.0 Å². The number of carbonyl (C=O) groups is 3. The number of anilines is 1. The van der Waals surface area contributed by atoms with Crippen molar-refractivity contribution >= 4 is 34.3 Å². The monoisotopic (exact) mass is 472 g/mol. The number of nitrogens with one attached hydrogen (secondary N) is 3. The number of imide groups is 1. The molecule has 4 atom stereocenters. The summed E-state index contributed by atoms with van der Waals surface area (Å²) in [5, 5.41) is 7.58. The Kier molecular flexibility index (Phi) is 5.05. The first-order valence-electron chi connectivity index (χ1n) is 12.0. The standard InChI is InChI=1S/C27H28N4O4/c1-15-8-9-20-18(12-15)27(26(34)29-20)23-22(24(32)31(25(23)33)10-5-11-35-2)21(30-27)13-16-14-28-19-7-4-3-6-17(16)19/h3-4,6-9,12,14,21-23,28,30H,5,10-11,13H2,1-2H3,(H,29,34)/t21-,22+,23-,27+/m0/s1. The summed E-state index contributed by atoms with van der Waals surface area (Å²) in [5.41, 5.74) is 3.23. The maximum Gasteiger partial charge on any atom is 0.250 e. The molecule has 35 heavy (non-hydrogen) atoms. The molecule has 8 nitrogen and oxygen atoms in total. The van der Waals surface area contributed by atoms with Crippen LogP contribution in [0.25, 0.3) is 10.9 Å². The number of rotatable bonds is 6. The topological polar surface area (TPSA) is 104 Å². The molecule has 1 spiro atoms. The number of methoxy groups -OCH3 is 1. The van der Waals surface area contributed by atoms with Crippen LogP contribution in [0.2, 0.25) is 0 Å². The Balaban J connectivity index is 1.45. The Labute approximate surface area is 203 Å². The van der Waals surface area contributed by atoms with Gasteiger partial charge in [0.1, 0.15) is 5.54 Å². The van der Waals surface area contributed by atoms with Crippen molar-refractivity contribution in [2.75, 3.05) is 25.6 Å². The number of nitrogens with zero attached hydrogens (tertiary/aromatic N) is 1. The summed E-state index contributed by atoms with van der Waals surface area (Å²) in [6.45, 7) is 2.71. The second-order valence-corrected chi connectivity index (χ2v) is 9.80. The van der Waals surface area contributed by atoms with E-state index in [0.29, 0.717) is 25.1 Å². The third-order valence-corrected chi connectivity index (χ3v) is 7.81. The normalized spacial score (nSPS) is 27.2. The average molecular weight is 473 g/mol. The molecule has 0 radical (unpaired) electrons. The minimum Gasteiger partial charge on any atom is -0.385 e. The van der Waals surface area contributed by atoms with Crippen molar-refractivity contribution in [3.8, 4) is 0 Å². The van der Waals surface area contributed by atoms with E-state index >= 15 is 0 Å². The first kappa shape index (κ1) is 22.0. The molecular weight excluding hydrogens is 444 g/mol. The molecule has 6 rings (SSSR count). The zero-order valence-corrected chi connectivity index (χ0v) is 19.8. The SMILES string of the molecule is COCCCN1C(=O)[C@@H]2[C@H](Cc3c[nH]c4ccccc34)N[C@@]3(C(=O)Nc4ccc(C)cc43)[C@@H]2C1=O. The number of para-hydroxylation sites is 1. The van der Waals surface area contributed by atoms with Gasteiger partial charge in [0.25, 0.3) is 0 Å². The fourth-order valence-electron chi connectivity index (χ4n) is 6.28. The molecule has 2 saturated heterocycles. The summed E-state index contributed by atoms with van der Waals surface area (Å²) in [5.74, 6) is -2.19. The quantitative estimate of drug-likeness (QED) is 0.378. The van der Waals surface area contributed by atoms with Crippen molar-refractivity contribution in [3.63, 3.8) is 0 Å². The van der Waals surface area contributed by atoms with E-state index in [0.717, 1.165) is 27.6 Å². The summed E-state index contributed by atoms with van der Waals surface area (Å²) in [6.07, 6.45) is 3.03. The van der Waals surface area contributed by atoms with Gasteiger partial charge in [-0.05, 0) is 37.5 Å². The van der Waals surface area contributed by atoms with Crippen LogP contribution in [-0.2, 0) is 31.1 Å². The maximum atomic E-state index is 13.8. The number of aryl methyl sites for hydroxylation is 1. The number of hydrogen-bond donors (Lipinski definition) is 3. The van der Waals surface area contributed by atoms with E-state index in [-0.39, 0.29) is 30.3 Å². The van der Waals surface area contributed by atoms with Crippen LogP contribution in [0.1, 0.15) is 23.1 Å². The van der Waals surface area contributed by atoms with E-state index in [1.807, 2.05) is 55.6 Å². The van der Waals surface area contributed by atoms with E-state index in [9.17, 15) is 14.4 Å². The maximum absolute atomic E-state index is 13.8. The molecule has 2 fully saturated rings. The van der Waals surface area contributed by atoms with Crippen LogP contribution in [0.15, 0.2) is 48.7 Å². The smallest absolute Gasteiger partial charge is 0.250 e. The first-order valence-corrected chi connectivity index (χ1v) is 12.0. The highest BCUT2D eigenvalue weighted by Crippen LogP contribution is 2.53. The number of H-pyrrole nitrogens is 1. The Hall–Kier alpha value is -3.49. The van der Waals surface area contributed by atoms with Gasteiger partial charge >= 0.3 is 0 Å². The molecule has 1 aromatic heterocycles. The van der Waals surface area contributed by atoms with E-state index in [2.05, 4.69) is 15.6 Å². The lowest BCUT2D eigenvalue weighted by atomic mass is 9.76. The molecule has 3 aliphatic rings. The Morgan fingerprint density at radius 2 is 1.91 bits per heavy atom. The number of carbonyl (C=O) groups excluding carboxylic acids is 3. The van der Waals surface area contributed by atoms with Gasteiger partial charge in [0.15, 0.2) is 0 Å². The number of hydrogen-bond acceptors (Lipinski definition) is 5.